The van der Waals surface area contributed by atoms with Crippen LogP contribution in [0.15, 0.2) is 12.3 Å². The first kappa shape index (κ1) is 12.2. The van der Waals surface area contributed by atoms with Gasteiger partial charge in [-0.05, 0) is 6.07 Å². The molecule has 0 amide bonds. The molecule has 0 saturated heterocycles. The van der Waals surface area contributed by atoms with E-state index in [0.717, 1.165) is 6.26 Å². The lowest BCUT2D eigenvalue weighted by Gasteiger charge is -2.05. The van der Waals surface area contributed by atoms with Crippen molar-refractivity contribution in [2.75, 3.05) is 13.4 Å². The van der Waals surface area contributed by atoms with Crippen LogP contribution in [0.5, 0.6) is 5.75 Å². The number of halogens is 1. The fourth-order valence-corrected chi connectivity index (χ4v) is 1.35. The highest BCUT2D eigenvalue weighted by Gasteiger charge is 2.08. The predicted molar refractivity (Wildman–Crippen MR) is 55.4 cm³/mol. The molecule has 0 spiro atoms. The largest absolute Gasteiger partial charge is 0.495 e. The summed E-state index contributed by atoms with van der Waals surface area (Å²) in [5.41, 5.74) is 0.460. The fraction of sp³-hybridized carbons (Fsp3) is 0.375. The van der Waals surface area contributed by atoms with Crippen molar-refractivity contribution in [1.82, 2.24) is 4.98 Å². The van der Waals surface area contributed by atoms with Crippen molar-refractivity contribution < 1.29 is 17.3 Å². The minimum absolute atomic E-state index is 0.151. The van der Waals surface area contributed by atoms with Gasteiger partial charge in [-0.15, -0.1) is 0 Å². The van der Waals surface area contributed by atoms with Gasteiger partial charge < -0.3 is 4.74 Å². The van der Waals surface area contributed by atoms with Crippen LogP contribution in [-0.4, -0.2) is 26.8 Å². The maximum absolute atomic E-state index is 10.8. The Kier molecular flexibility index (Phi) is 3.90. The van der Waals surface area contributed by atoms with Crippen LogP contribution in [0.25, 0.3) is 0 Å². The highest BCUT2D eigenvalue weighted by Crippen LogP contribution is 2.19. The van der Waals surface area contributed by atoms with Gasteiger partial charge >= 0.3 is 0 Å². The van der Waals surface area contributed by atoms with Gasteiger partial charge in [0.05, 0.1) is 26.2 Å². The molecule has 1 aromatic heterocycles. The molecule has 7 heteroatoms. The zero-order valence-corrected chi connectivity index (χ0v) is 9.80. The van der Waals surface area contributed by atoms with Gasteiger partial charge in [0.25, 0.3) is 10.1 Å². The third-order valence-corrected chi connectivity index (χ3v) is 2.44. The van der Waals surface area contributed by atoms with Gasteiger partial charge in [0, 0.05) is 5.56 Å². The van der Waals surface area contributed by atoms with Gasteiger partial charge in [0.15, 0.2) is 0 Å². The van der Waals surface area contributed by atoms with E-state index in [0.29, 0.717) is 11.3 Å². The number of methoxy groups -OCH3 is 1. The van der Waals surface area contributed by atoms with E-state index in [1.54, 1.807) is 6.07 Å². The molecule has 0 N–H and O–H groups in total. The molecule has 1 heterocycles. The number of aromatic nitrogens is 1. The van der Waals surface area contributed by atoms with Crippen LogP contribution in [0.4, 0.5) is 0 Å². The number of hydrogen-bond acceptors (Lipinski definition) is 5. The molecule has 0 aliphatic rings. The minimum Gasteiger partial charge on any atom is -0.495 e. The highest BCUT2D eigenvalue weighted by molar-refractivity contribution is 7.85. The molecule has 0 aliphatic heterocycles. The summed E-state index contributed by atoms with van der Waals surface area (Å²) < 4.78 is 31.0. The molecule has 5 nitrogen and oxygen atoms in total. The van der Waals surface area contributed by atoms with Crippen LogP contribution in [0.3, 0.4) is 0 Å². The van der Waals surface area contributed by atoms with Gasteiger partial charge in [0.2, 0.25) is 0 Å². The summed E-state index contributed by atoms with van der Waals surface area (Å²) in [4.78, 5) is 3.82. The van der Waals surface area contributed by atoms with Crippen molar-refractivity contribution in [3.05, 3.63) is 23.0 Å². The molecule has 0 atom stereocenters. The molecule has 0 unspecified atom stereocenters. The average Bonchev–Trinajstić information content (AvgIpc) is 2.15. The van der Waals surface area contributed by atoms with Gasteiger partial charge in [-0.25, -0.2) is 4.98 Å². The Balaban J connectivity index is 2.84. The van der Waals surface area contributed by atoms with E-state index in [-0.39, 0.29) is 11.8 Å². The average molecular weight is 252 g/mol. The summed E-state index contributed by atoms with van der Waals surface area (Å²) in [6, 6.07) is 1.57. The molecule has 15 heavy (non-hydrogen) atoms. The van der Waals surface area contributed by atoms with Crippen LogP contribution in [0, 0.1) is 0 Å². The molecular formula is C8H10ClNO4S. The van der Waals surface area contributed by atoms with Gasteiger partial charge in [-0.1, -0.05) is 11.6 Å². The Bertz CT molecular complexity index is 446. The summed E-state index contributed by atoms with van der Waals surface area (Å²) in [7, 11) is -2.01. The van der Waals surface area contributed by atoms with Gasteiger partial charge in [-0.3, -0.25) is 4.18 Å². The minimum atomic E-state index is -3.49. The van der Waals surface area contributed by atoms with E-state index in [9.17, 15) is 8.42 Å². The summed E-state index contributed by atoms with van der Waals surface area (Å²) in [6.45, 7) is -0.151. The lowest BCUT2D eigenvalue weighted by Crippen LogP contribution is -2.03. The summed E-state index contributed by atoms with van der Waals surface area (Å²) in [5.74, 6) is 0.492. The Labute approximate surface area is 93.1 Å². The van der Waals surface area contributed by atoms with Crippen molar-refractivity contribution in [2.45, 2.75) is 6.61 Å². The van der Waals surface area contributed by atoms with Crippen LogP contribution >= 0.6 is 11.6 Å². The Hall–Kier alpha value is -0.850. The smallest absolute Gasteiger partial charge is 0.264 e. The molecule has 0 aromatic carbocycles. The second-order valence-electron chi connectivity index (χ2n) is 2.79. The summed E-state index contributed by atoms with van der Waals surface area (Å²) in [5, 5.41) is 0.194. The molecule has 84 valence electrons. The standard InChI is InChI=1S/C8H10ClNO4S/c1-13-7-3-6(8(9)10-4-7)5-14-15(2,11)12/h3-4H,5H2,1-2H3. The van der Waals surface area contributed by atoms with Crippen molar-refractivity contribution >= 4 is 21.7 Å². The molecule has 0 radical (unpaired) electrons. The van der Waals surface area contributed by atoms with E-state index < -0.39 is 10.1 Å². The van der Waals surface area contributed by atoms with E-state index in [4.69, 9.17) is 16.3 Å². The first-order valence-corrected chi connectivity index (χ1v) is 6.14. The molecule has 1 aromatic rings. The van der Waals surface area contributed by atoms with E-state index in [2.05, 4.69) is 9.17 Å². The lowest BCUT2D eigenvalue weighted by molar-refractivity contribution is 0.310. The van der Waals surface area contributed by atoms with E-state index in [1.165, 1.54) is 13.3 Å². The molecular weight excluding hydrogens is 242 g/mol. The zero-order chi connectivity index (χ0) is 11.5. The maximum Gasteiger partial charge on any atom is 0.264 e. The van der Waals surface area contributed by atoms with E-state index >= 15 is 0 Å². The number of ether oxygens (including phenoxy) is 1. The quantitative estimate of drug-likeness (QED) is 0.595. The number of rotatable bonds is 4. The zero-order valence-electron chi connectivity index (χ0n) is 8.23. The summed E-state index contributed by atoms with van der Waals surface area (Å²) in [6.07, 6.45) is 2.40. The predicted octanol–water partition coefficient (Wildman–Crippen LogP) is 1.22. The van der Waals surface area contributed by atoms with Crippen LogP contribution < -0.4 is 4.74 Å². The van der Waals surface area contributed by atoms with E-state index in [1.807, 2.05) is 0 Å². The third-order valence-electron chi connectivity index (χ3n) is 1.55. The lowest BCUT2D eigenvalue weighted by atomic mass is 10.3. The topological polar surface area (TPSA) is 65.5 Å². The molecule has 0 fully saturated rings. The number of pyridine rings is 1. The highest BCUT2D eigenvalue weighted by atomic mass is 35.5. The molecule has 0 saturated carbocycles. The summed E-state index contributed by atoms with van der Waals surface area (Å²) >= 11 is 5.74. The number of hydrogen-bond donors (Lipinski definition) is 0. The molecule has 0 bridgehead atoms. The van der Waals surface area contributed by atoms with Gasteiger partial charge in [-0.2, -0.15) is 8.42 Å². The molecule has 0 aliphatic carbocycles. The second-order valence-corrected chi connectivity index (χ2v) is 4.79. The van der Waals surface area contributed by atoms with Crippen molar-refractivity contribution in [3.63, 3.8) is 0 Å². The first-order chi connectivity index (χ1) is 6.92. The Morgan fingerprint density at radius 1 is 1.53 bits per heavy atom. The van der Waals surface area contributed by atoms with Crippen molar-refractivity contribution in [3.8, 4) is 5.75 Å². The van der Waals surface area contributed by atoms with Crippen molar-refractivity contribution in [1.29, 1.82) is 0 Å². The third kappa shape index (κ3) is 4.03. The monoisotopic (exact) mass is 251 g/mol. The van der Waals surface area contributed by atoms with Gasteiger partial charge in [0.1, 0.15) is 10.9 Å². The normalized spacial score (nSPS) is 11.4. The molecule has 1 rings (SSSR count). The maximum atomic E-state index is 10.8. The fourth-order valence-electron chi connectivity index (χ4n) is 0.855. The first-order valence-electron chi connectivity index (χ1n) is 3.95. The van der Waals surface area contributed by atoms with Crippen LogP contribution in [0.1, 0.15) is 5.56 Å². The number of nitrogens with zero attached hydrogens (tertiary/aromatic N) is 1. The van der Waals surface area contributed by atoms with Crippen molar-refractivity contribution in [2.24, 2.45) is 0 Å². The second kappa shape index (κ2) is 4.78. The Morgan fingerprint density at radius 3 is 2.73 bits per heavy atom. The van der Waals surface area contributed by atoms with Crippen LogP contribution in [-0.2, 0) is 20.9 Å². The van der Waals surface area contributed by atoms with Crippen LogP contribution in [0.2, 0.25) is 5.15 Å². The Morgan fingerprint density at radius 2 is 2.20 bits per heavy atom. The SMILES string of the molecule is COc1cnc(Cl)c(COS(C)(=O)=O)c1.